The Morgan fingerprint density at radius 1 is 0.824 bits per heavy atom. The summed E-state index contributed by atoms with van der Waals surface area (Å²) in [5.41, 5.74) is -1.04. The number of rotatable bonds is 10. The van der Waals surface area contributed by atoms with Crippen LogP contribution in [-0.2, 0) is 16.8 Å². The van der Waals surface area contributed by atoms with Gasteiger partial charge in [0.15, 0.2) is 18.2 Å². The van der Waals surface area contributed by atoms with Crippen molar-refractivity contribution in [3.63, 3.8) is 0 Å². The van der Waals surface area contributed by atoms with Crippen LogP contribution < -0.4 is 9.47 Å². The minimum Gasteiger partial charge on any atom is -0.484 e. The van der Waals surface area contributed by atoms with Gasteiger partial charge >= 0.3 is 6.18 Å². The van der Waals surface area contributed by atoms with Gasteiger partial charge in [0.1, 0.15) is 11.5 Å². The molecule has 9 heteroatoms. The van der Waals surface area contributed by atoms with Gasteiger partial charge in [-0.1, -0.05) is 36.4 Å². The molecule has 1 unspecified atom stereocenters. The van der Waals surface area contributed by atoms with E-state index >= 15 is 0 Å². The van der Waals surface area contributed by atoms with E-state index in [9.17, 15) is 26.3 Å². The third-order valence-corrected chi connectivity index (χ3v) is 5.04. The summed E-state index contributed by atoms with van der Waals surface area (Å²) in [7, 11) is 0. The highest BCUT2D eigenvalue weighted by molar-refractivity contribution is 5.35. The van der Waals surface area contributed by atoms with Crippen molar-refractivity contribution in [2.75, 3.05) is 13.2 Å². The SMILES string of the molecule is CC(COCc1ccc(F)c(Oc2ccccc2)c1)(c1ccc(OCC(F)(F)F)cc1)C(F)F. The van der Waals surface area contributed by atoms with E-state index in [0.717, 1.165) is 0 Å². The normalized spacial score (nSPS) is 13.5. The van der Waals surface area contributed by atoms with E-state index in [4.69, 9.17) is 9.47 Å². The second-order valence-corrected chi connectivity index (χ2v) is 7.82. The van der Waals surface area contributed by atoms with Crippen LogP contribution >= 0.6 is 0 Å². The number of para-hydroxylation sites is 1. The largest absolute Gasteiger partial charge is 0.484 e. The number of halogens is 6. The van der Waals surface area contributed by atoms with Crippen LogP contribution in [0.3, 0.4) is 0 Å². The van der Waals surface area contributed by atoms with Crippen LogP contribution in [-0.4, -0.2) is 25.8 Å². The van der Waals surface area contributed by atoms with Crippen molar-refractivity contribution in [2.24, 2.45) is 0 Å². The van der Waals surface area contributed by atoms with Gasteiger partial charge < -0.3 is 14.2 Å². The molecular formula is C25H22F6O3. The summed E-state index contributed by atoms with van der Waals surface area (Å²) in [5.74, 6) is -0.264. The van der Waals surface area contributed by atoms with Gasteiger partial charge in [-0.25, -0.2) is 13.2 Å². The first-order chi connectivity index (χ1) is 16.1. The third-order valence-electron chi connectivity index (χ3n) is 5.04. The van der Waals surface area contributed by atoms with Gasteiger partial charge in [0.2, 0.25) is 6.43 Å². The predicted octanol–water partition coefficient (Wildman–Crippen LogP) is 7.30. The van der Waals surface area contributed by atoms with Crippen LogP contribution in [0.25, 0.3) is 0 Å². The Kier molecular flexibility index (Phi) is 8.09. The molecule has 0 spiro atoms. The zero-order valence-corrected chi connectivity index (χ0v) is 18.1. The second-order valence-electron chi connectivity index (χ2n) is 7.82. The molecule has 0 aliphatic carbocycles. The lowest BCUT2D eigenvalue weighted by Crippen LogP contribution is -2.36. The van der Waals surface area contributed by atoms with Crippen LogP contribution in [0.5, 0.6) is 17.2 Å². The van der Waals surface area contributed by atoms with Crippen molar-refractivity contribution in [3.05, 3.63) is 89.7 Å². The Labute approximate surface area is 192 Å². The van der Waals surface area contributed by atoms with Crippen molar-refractivity contribution >= 4 is 0 Å². The quantitative estimate of drug-likeness (QED) is 0.283. The van der Waals surface area contributed by atoms with Gasteiger partial charge in [-0.2, -0.15) is 13.2 Å². The lowest BCUT2D eigenvalue weighted by atomic mass is 9.83. The van der Waals surface area contributed by atoms with Crippen molar-refractivity contribution < 1.29 is 40.6 Å². The monoisotopic (exact) mass is 484 g/mol. The number of hydrogen-bond donors (Lipinski definition) is 0. The van der Waals surface area contributed by atoms with Gasteiger partial charge in [0, 0.05) is 0 Å². The number of ether oxygens (including phenoxy) is 3. The van der Waals surface area contributed by atoms with Gasteiger partial charge in [-0.15, -0.1) is 0 Å². The maximum atomic E-state index is 14.1. The van der Waals surface area contributed by atoms with Crippen molar-refractivity contribution in [1.82, 2.24) is 0 Å². The molecule has 0 amide bonds. The van der Waals surface area contributed by atoms with E-state index in [0.29, 0.717) is 11.3 Å². The molecule has 1 atom stereocenters. The van der Waals surface area contributed by atoms with Crippen LogP contribution in [0.2, 0.25) is 0 Å². The minimum atomic E-state index is -4.50. The smallest absolute Gasteiger partial charge is 0.422 e. The third kappa shape index (κ3) is 6.90. The van der Waals surface area contributed by atoms with Crippen LogP contribution in [0.4, 0.5) is 26.3 Å². The summed E-state index contributed by atoms with van der Waals surface area (Å²) in [6, 6.07) is 17.6. The summed E-state index contributed by atoms with van der Waals surface area (Å²) in [4.78, 5) is 0. The van der Waals surface area contributed by atoms with Crippen molar-refractivity contribution in [2.45, 2.75) is 31.5 Å². The molecule has 3 rings (SSSR count). The summed E-state index contributed by atoms with van der Waals surface area (Å²) in [6.45, 7) is -0.659. The lowest BCUT2D eigenvalue weighted by molar-refractivity contribution is -0.153. The molecule has 0 saturated heterocycles. The molecule has 0 heterocycles. The first-order valence-corrected chi connectivity index (χ1v) is 10.2. The van der Waals surface area contributed by atoms with E-state index in [2.05, 4.69) is 4.74 Å². The van der Waals surface area contributed by atoms with Crippen LogP contribution in [0.15, 0.2) is 72.8 Å². The molecule has 0 N–H and O–H groups in total. The number of benzene rings is 3. The Morgan fingerprint density at radius 2 is 1.50 bits per heavy atom. The maximum absolute atomic E-state index is 14.1. The fourth-order valence-corrected chi connectivity index (χ4v) is 3.08. The zero-order valence-electron chi connectivity index (χ0n) is 18.1. The van der Waals surface area contributed by atoms with E-state index in [-0.39, 0.29) is 30.3 Å². The van der Waals surface area contributed by atoms with E-state index in [1.165, 1.54) is 49.4 Å². The zero-order chi connectivity index (χ0) is 24.8. The van der Waals surface area contributed by atoms with Gasteiger partial charge in [-0.3, -0.25) is 0 Å². The molecule has 3 aromatic carbocycles. The van der Waals surface area contributed by atoms with Gasteiger partial charge in [0.05, 0.1) is 18.6 Å². The topological polar surface area (TPSA) is 27.7 Å². The first kappa shape index (κ1) is 25.4. The van der Waals surface area contributed by atoms with Crippen LogP contribution in [0.1, 0.15) is 18.1 Å². The standard InChI is InChI=1S/C25H22F6O3/c1-24(23(27)28,18-8-10-19(11-9-18)33-16-25(29,30)31)15-32-14-17-7-12-21(26)22(13-17)34-20-5-3-2-4-6-20/h2-13,23H,14-16H2,1H3. The molecule has 0 bridgehead atoms. The molecule has 0 saturated carbocycles. The lowest BCUT2D eigenvalue weighted by Gasteiger charge is -2.29. The molecule has 0 aromatic heterocycles. The molecule has 0 aliphatic heterocycles. The average molecular weight is 484 g/mol. The highest BCUT2D eigenvalue weighted by Crippen LogP contribution is 2.33. The predicted molar refractivity (Wildman–Crippen MR) is 114 cm³/mol. The minimum absolute atomic E-state index is 0.0293. The van der Waals surface area contributed by atoms with E-state index in [1.54, 1.807) is 30.3 Å². The summed E-state index contributed by atoms with van der Waals surface area (Å²) < 4.78 is 94.5. The van der Waals surface area contributed by atoms with E-state index in [1.807, 2.05) is 0 Å². The van der Waals surface area contributed by atoms with Gasteiger partial charge in [0.25, 0.3) is 0 Å². The Hall–Kier alpha value is -3.20. The molecule has 0 fully saturated rings. The number of alkyl halides is 5. The Bertz CT molecular complexity index is 1050. The maximum Gasteiger partial charge on any atom is 0.422 e. The van der Waals surface area contributed by atoms with E-state index < -0.39 is 30.4 Å². The molecule has 0 radical (unpaired) electrons. The number of hydrogen-bond acceptors (Lipinski definition) is 3. The van der Waals surface area contributed by atoms with Crippen molar-refractivity contribution in [1.29, 1.82) is 0 Å². The summed E-state index contributed by atoms with van der Waals surface area (Å²) >= 11 is 0. The Balaban J connectivity index is 1.65. The Morgan fingerprint density at radius 3 is 2.12 bits per heavy atom. The summed E-state index contributed by atoms with van der Waals surface area (Å²) in [5, 5.41) is 0. The van der Waals surface area contributed by atoms with Crippen LogP contribution in [0, 0.1) is 5.82 Å². The fraction of sp³-hybridized carbons (Fsp3) is 0.280. The summed E-state index contributed by atoms with van der Waals surface area (Å²) in [6.07, 6.45) is -7.32. The highest BCUT2D eigenvalue weighted by atomic mass is 19.4. The molecule has 3 nitrogen and oxygen atoms in total. The molecule has 3 aromatic rings. The van der Waals surface area contributed by atoms with Gasteiger partial charge in [-0.05, 0) is 54.4 Å². The average Bonchev–Trinajstić information content (AvgIpc) is 2.80. The van der Waals surface area contributed by atoms with Crippen molar-refractivity contribution in [3.8, 4) is 17.2 Å². The first-order valence-electron chi connectivity index (χ1n) is 10.2. The highest BCUT2D eigenvalue weighted by Gasteiger charge is 2.37. The molecule has 182 valence electrons. The molecular weight excluding hydrogens is 462 g/mol. The fourth-order valence-electron chi connectivity index (χ4n) is 3.08. The second kappa shape index (κ2) is 10.8. The molecule has 0 aliphatic rings. The molecule has 34 heavy (non-hydrogen) atoms.